The van der Waals surface area contributed by atoms with E-state index in [4.69, 9.17) is 4.74 Å². The van der Waals surface area contributed by atoms with Gasteiger partial charge in [0.25, 0.3) is 0 Å². The fourth-order valence-corrected chi connectivity index (χ4v) is 2.90. The first-order valence-electron chi connectivity index (χ1n) is 8.97. The molecule has 7 nitrogen and oxygen atoms in total. The summed E-state index contributed by atoms with van der Waals surface area (Å²) >= 11 is 0. The molecule has 0 bridgehead atoms. The highest BCUT2D eigenvalue weighted by Crippen LogP contribution is 2.22. The number of ether oxygens (including phenoxy) is 1. The lowest BCUT2D eigenvalue weighted by Gasteiger charge is -2.21. The third-order valence-electron chi connectivity index (χ3n) is 4.37. The Kier molecular flexibility index (Phi) is 8.32. The zero-order valence-electron chi connectivity index (χ0n) is 16.7. The number of methoxy groups -OCH3 is 1. The summed E-state index contributed by atoms with van der Waals surface area (Å²) in [4.78, 5) is 6.33. The van der Waals surface area contributed by atoms with Gasteiger partial charge in [0.2, 0.25) is 0 Å². The molecule has 2 N–H and O–H groups in total. The Bertz CT molecular complexity index is 943. The maximum atomic E-state index is 10.0. The Morgan fingerprint density at radius 3 is 2.69 bits per heavy atom. The number of rotatable bonds is 6. The number of guanidine groups is 1. The zero-order valence-corrected chi connectivity index (χ0v) is 19.1. The first kappa shape index (κ1) is 22.5. The third-order valence-corrected chi connectivity index (χ3v) is 4.37. The molecule has 0 spiro atoms. The van der Waals surface area contributed by atoms with E-state index in [0.717, 1.165) is 22.8 Å². The molecular formula is C21H26IN5O2. The van der Waals surface area contributed by atoms with Crippen LogP contribution in [0.25, 0.3) is 5.69 Å². The van der Waals surface area contributed by atoms with Gasteiger partial charge >= 0.3 is 0 Å². The van der Waals surface area contributed by atoms with Gasteiger partial charge in [0.05, 0.1) is 19.0 Å². The van der Waals surface area contributed by atoms with Gasteiger partial charge in [0.15, 0.2) is 5.96 Å². The van der Waals surface area contributed by atoms with Crippen LogP contribution in [0.1, 0.15) is 11.1 Å². The Labute approximate surface area is 188 Å². The van der Waals surface area contributed by atoms with Crippen LogP contribution in [0, 0.1) is 0 Å². The smallest absolute Gasteiger partial charge is 0.193 e. The molecule has 29 heavy (non-hydrogen) atoms. The molecule has 0 aliphatic carbocycles. The van der Waals surface area contributed by atoms with Crippen molar-refractivity contribution in [2.45, 2.75) is 13.1 Å². The van der Waals surface area contributed by atoms with Crippen molar-refractivity contribution in [2.75, 3.05) is 21.2 Å². The summed E-state index contributed by atoms with van der Waals surface area (Å²) < 4.78 is 7.07. The molecule has 1 aromatic heterocycles. The molecule has 8 heteroatoms. The number of para-hydroxylation sites is 1. The summed E-state index contributed by atoms with van der Waals surface area (Å²) in [5.74, 6) is 1.64. The lowest BCUT2D eigenvalue weighted by molar-refractivity contribution is 0.410. The standard InChI is InChI=1S/C21H25N5O2.HI/c1-22-21(23-13-17-11-19(28-3)9-10-20(17)27)25(2)14-16-12-24-26(15-16)18-7-5-4-6-8-18;/h4-12,15,27H,13-14H2,1-3H3,(H,22,23);1H. The van der Waals surface area contributed by atoms with Crippen molar-refractivity contribution >= 4 is 29.9 Å². The van der Waals surface area contributed by atoms with Gasteiger partial charge in [-0.05, 0) is 30.3 Å². The lowest BCUT2D eigenvalue weighted by atomic mass is 10.2. The van der Waals surface area contributed by atoms with Crippen molar-refractivity contribution in [3.8, 4) is 17.2 Å². The molecule has 0 saturated carbocycles. The quantitative estimate of drug-likeness (QED) is 0.304. The van der Waals surface area contributed by atoms with Crippen LogP contribution in [0.15, 0.2) is 65.9 Å². The van der Waals surface area contributed by atoms with Crippen molar-refractivity contribution < 1.29 is 9.84 Å². The third kappa shape index (κ3) is 5.86. The number of aromatic hydroxyl groups is 1. The fourth-order valence-electron chi connectivity index (χ4n) is 2.90. The van der Waals surface area contributed by atoms with Crippen LogP contribution in [0.4, 0.5) is 0 Å². The Balaban J connectivity index is 0.00000300. The molecule has 0 saturated heterocycles. The maximum absolute atomic E-state index is 10.0. The summed E-state index contributed by atoms with van der Waals surface area (Å²) in [5, 5.41) is 17.7. The molecule has 2 aromatic carbocycles. The molecule has 3 rings (SSSR count). The van der Waals surface area contributed by atoms with Crippen LogP contribution < -0.4 is 10.1 Å². The van der Waals surface area contributed by atoms with E-state index in [9.17, 15) is 5.11 Å². The maximum Gasteiger partial charge on any atom is 0.193 e. The first-order valence-corrected chi connectivity index (χ1v) is 8.97. The number of hydrogen-bond acceptors (Lipinski definition) is 4. The van der Waals surface area contributed by atoms with Crippen molar-refractivity contribution in [3.05, 3.63) is 72.1 Å². The average molecular weight is 507 g/mol. The first-order chi connectivity index (χ1) is 13.6. The average Bonchev–Trinajstić information content (AvgIpc) is 3.19. The highest BCUT2D eigenvalue weighted by atomic mass is 127. The summed E-state index contributed by atoms with van der Waals surface area (Å²) in [6.07, 6.45) is 3.86. The Morgan fingerprint density at radius 2 is 2.00 bits per heavy atom. The molecule has 0 aliphatic heterocycles. The van der Waals surface area contributed by atoms with Crippen molar-refractivity contribution in [3.63, 3.8) is 0 Å². The summed E-state index contributed by atoms with van der Waals surface area (Å²) in [6, 6.07) is 15.1. The molecule has 3 aromatic rings. The number of aliphatic imine (C=N–C) groups is 1. The minimum absolute atomic E-state index is 0. The van der Waals surface area contributed by atoms with Crippen LogP contribution in [0.3, 0.4) is 0 Å². The predicted octanol–water partition coefficient (Wildman–Crippen LogP) is 3.41. The van der Waals surface area contributed by atoms with Gasteiger partial charge in [-0.1, -0.05) is 18.2 Å². The van der Waals surface area contributed by atoms with E-state index in [0.29, 0.717) is 18.8 Å². The number of halogens is 1. The minimum atomic E-state index is 0. The number of nitrogens with zero attached hydrogens (tertiary/aromatic N) is 4. The second-order valence-electron chi connectivity index (χ2n) is 6.38. The van der Waals surface area contributed by atoms with Crippen molar-refractivity contribution in [2.24, 2.45) is 4.99 Å². The van der Waals surface area contributed by atoms with Gasteiger partial charge in [0, 0.05) is 44.5 Å². The van der Waals surface area contributed by atoms with Gasteiger partial charge in [-0.15, -0.1) is 24.0 Å². The summed E-state index contributed by atoms with van der Waals surface area (Å²) in [6.45, 7) is 1.08. The van der Waals surface area contributed by atoms with E-state index in [-0.39, 0.29) is 29.7 Å². The van der Waals surface area contributed by atoms with Gasteiger partial charge in [-0.3, -0.25) is 4.99 Å². The molecular weight excluding hydrogens is 481 g/mol. The number of benzene rings is 2. The van der Waals surface area contributed by atoms with E-state index >= 15 is 0 Å². The molecule has 0 amide bonds. The highest BCUT2D eigenvalue weighted by molar-refractivity contribution is 14.0. The van der Waals surface area contributed by atoms with Crippen LogP contribution in [0.5, 0.6) is 11.5 Å². The van der Waals surface area contributed by atoms with Crippen molar-refractivity contribution in [1.29, 1.82) is 0 Å². The molecule has 0 fully saturated rings. The molecule has 0 radical (unpaired) electrons. The van der Waals surface area contributed by atoms with E-state index in [2.05, 4.69) is 15.4 Å². The van der Waals surface area contributed by atoms with E-state index in [1.807, 2.05) is 59.4 Å². The zero-order chi connectivity index (χ0) is 19.9. The van der Waals surface area contributed by atoms with Gasteiger partial charge < -0.3 is 20.1 Å². The number of hydrogen-bond donors (Lipinski definition) is 2. The second kappa shape index (κ2) is 10.7. The Hall–Kier alpha value is -2.75. The molecule has 1 heterocycles. The summed E-state index contributed by atoms with van der Waals surface area (Å²) in [7, 11) is 5.30. The molecule has 0 unspecified atom stereocenters. The number of aromatic nitrogens is 2. The van der Waals surface area contributed by atoms with Gasteiger partial charge in [0.1, 0.15) is 11.5 Å². The normalized spacial score (nSPS) is 10.9. The summed E-state index contributed by atoms with van der Waals surface area (Å²) in [5.41, 5.74) is 2.83. The van der Waals surface area contributed by atoms with E-state index in [1.54, 1.807) is 32.4 Å². The number of phenols is 1. The van der Waals surface area contributed by atoms with Crippen LogP contribution >= 0.6 is 24.0 Å². The SMILES string of the molecule is CN=C(NCc1cc(OC)ccc1O)N(C)Cc1cnn(-c2ccccc2)c1.I. The largest absolute Gasteiger partial charge is 0.508 e. The number of nitrogens with one attached hydrogen (secondary N) is 1. The molecule has 0 atom stereocenters. The topological polar surface area (TPSA) is 74.9 Å². The minimum Gasteiger partial charge on any atom is -0.508 e. The molecule has 0 aliphatic rings. The second-order valence-corrected chi connectivity index (χ2v) is 6.38. The monoisotopic (exact) mass is 507 g/mol. The van der Waals surface area contributed by atoms with Crippen LogP contribution in [-0.2, 0) is 13.1 Å². The van der Waals surface area contributed by atoms with E-state index in [1.165, 1.54) is 0 Å². The fraction of sp³-hybridized carbons (Fsp3) is 0.238. The molecule has 154 valence electrons. The Morgan fingerprint density at radius 1 is 1.24 bits per heavy atom. The highest BCUT2D eigenvalue weighted by Gasteiger charge is 2.10. The number of phenolic OH excluding ortho intramolecular Hbond substituents is 1. The van der Waals surface area contributed by atoms with E-state index < -0.39 is 0 Å². The van der Waals surface area contributed by atoms with Crippen LogP contribution in [-0.4, -0.2) is 47.0 Å². The van der Waals surface area contributed by atoms with Gasteiger partial charge in [-0.25, -0.2) is 4.68 Å². The van der Waals surface area contributed by atoms with Gasteiger partial charge in [-0.2, -0.15) is 5.10 Å². The van der Waals surface area contributed by atoms with Crippen LogP contribution in [0.2, 0.25) is 0 Å². The van der Waals surface area contributed by atoms with Crippen molar-refractivity contribution in [1.82, 2.24) is 20.0 Å². The predicted molar refractivity (Wildman–Crippen MR) is 125 cm³/mol. The lowest BCUT2D eigenvalue weighted by Crippen LogP contribution is -2.38.